The molecule has 2 saturated heterocycles. The maximum absolute atomic E-state index is 9.72. The van der Waals surface area contributed by atoms with Crippen molar-refractivity contribution in [3.8, 4) is 5.88 Å². The Morgan fingerprint density at radius 2 is 2.30 bits per heavy atom. The number of ether oxygens (including phenoxy) is 1. The second kappa shape index (κ2) is 6.10. The van der Waals surface area contributed by atoms with Crippen molar-refractivity contribution in [2.45, 2.75) is 37.6 Å². The van der Waals surface area contributed by atoms with Crippen LogP contribution < -0.4 is 4.74 Å². The molecule has 4 nitrogen and oxygen atoms in total. The van der Waals surface area contributed by atoms with E-state index in [1.165, 1.54) is 25.8 Å². The molecule has 20 heavy (non-hydrogen) atoms. The monoisotopic (exact) mass is 276 g/mol. The third-order valence-corrected chi connectivity index (χ3v) is 4.86. The van der Waals surface area contributed by atoms with Crippen molar-refractivity contribution < 1.29 is 9.84 Å². The second-order valence-corrected chi connectivity index (χ2v) is 6.04. The molecule has 3 atom stereocenters. The molecular formula is C16H24N2O2. The molecule has 4 heteroatoms. The van der Waals surface area contributed by atoms with Crippen molar-refractivity contribution in [1.82, 2.24) is 9.88 Å². The minimum atomic E-state index is 0.293. The van der Waals surface area contributed by atoms with E-state index in [0.29, 0.717) is 30.4 Å². The largest absolute Gasteiger partial charge is 0.481 e. The summed E-state index contributed by atoms with van der Waals surface area (Å²) in [6, 6.07) is 6.57. The highest BCUT2D eigenvalue weighted by Crippen LogP contribution is 2.37. The summed E-state index contributed by atoms with van der Waals surface area (Å²) in [5.41, 5.74) is 1.10. The number of methoxy groups -OCH3 is 1. The van der Waals surface area contributed by atoms with Crippen molar-refractivity contribution in [2.75, 3.05) is 26.8 Å². The maximum atomic E-state index is 9.72. The minimum Gasteiger partial charge on any atom is -0.481 e. The zero-order valence-corrected chi connectivity index (χ0v) is 12.2. The highest BCUT2D eigenvalue weighted by atomic mass is 16.5. The average Bonchev–Trinajstić information content (AvgIpc) is 2.53. The fourth-order valence-electron chi connectivity index (χ4n) is 3.84. The number of pyridine rings is 1. The van der Waals surface area contributed by atoms with E-state index in [4.69, 9.17) is 4.74 Å². The average molecular weight is 276 g/mol. The second-order valence-electron chi connectivity index (χ2n) is 6.04. The van der Waals surface area contributed by atoms with Crippen molar-refractivity contribution in [3.05, 3.63) is 23.9 Å². The van der Waals surface area contributed by atoms with Crippen LogP contribution in [0.4, 0.5) is 0 Å². The normalized spacial score (nSPS) is 30.8. The Kier molecular flexibility index (Phi) is 4.22. The zero-order valence-electron chi connectivity index (χ0n) is 12.2. The molecule has 0 amide bonds. The van der Waals surface area contributed by atoms with Crippen molar-refractivity contribution >= 4 is 0 Å². The van der Waals surface area contributed by atoms with Gasteiger partial charge in [0.25, 0.3) is 0 Å². The minimum absolute atomic E-state index is 0.293. The molecule has 1 aromatic rings. The van der Waals surface area contributed by atoms with Crippen LogP contribution in [0.3, 0.4) is 0 Å². The number of aliphatic hydroxyl groups excluding tert-OH is 1. The Morgan fingerprint density at radius 1 is 1.40 bits per heavy atom. The lowest BCUT2D eigenvalue weighted by atomic mass is 9.78. The summed E-state index contributed by atoms with van der Waals surface area (Å²) in [4.78, 5) is 7.16. The van der Waals surface area contributed by atoms with E-state index in [-0.39, 0.29) is 0 Å². The molecule has 0 aromatic carbocycles. The first kappa shape index (κ1) is 13.8. The number of nitrogens with zero attached hydrogens (tertiary/aromatic N) is 2. The number of hydrogen-bond acceptors (Lipinski definition) is 4. The van der Waals surface area contributed by atoms with Gasteiger partial charge in [0.2, 0.25) is 5.88 Å². The maximum Gasteiger partial charge on any atom is 0.213 e. The number of aromatic nitrogens is 1. The fourth-order valence-corrected chi connectivity index (χ4v) is 3.84. The number of fused-ring (bicyclic) bond motifs is 1. The van der Waals surface area contributed by atoms with Gasteiger partial charge in [-0.15, -0.1) is 0 Å². The van der Waals surface area contributed by atoms with Gasteiger partial charge in [-0.2, -0.15) is 0 Å². The molecule has 0 saturated carbocycles. The van der Waals surface area contributed by atoms with Gasteiger partial charge in [-0.3, -0.25) is 4.90 Å². The molecule has 2 aliphatic heterocycles. The molecular weight excluding hydrogens is 252 g/mol. The third kappa shape index (κ3) is 2.67. The van der Waals surface area contributed by atoms with E-state index in [2.05, 4.69) is 16.0 Å². The third-order valence-electron chi connectivity index (χ3n) is 4.86. The summed E-state index contributed by atoms with van der Waals surface area (Å²) >= 11 is 0. The predicted molar refractivity (Wildman–Crippen MR) is 77.9 cm³/mol. The lowest BCUT2D eigenvalue weighted by Crippen LogP contribution is -2.51. The summed E-state index contributed by atoms with van der Waals surface area (Å²) in [6.45, 7) is 2.53. The molecule has 3 rings (SSSR count). The zero-order chi connectivity index (χ0) is 13.9. The summed E-state index contributed by atoms with van der Waals surface area (Å²) in [5.74, 6) is 1.49. The molecule has 3 heterocycles. The van der Waals surface area contributed by atoms with Crippen LogP contribution in [0.2, 0.25) is 0 Å². The quantitative estimate of drug-likeness (QED) is 0.917. The Balaban J connectivity index is 1.79. The molecule has 0 spiro atoms. The topological polar surface area (TPSA) is 45.6 Å². The Morgan fingerprint density at radius 3 is 3.10 bits per heavy atom. The van der Waals surface area contributed by atoms with Gasteiger partial charge in [0.05, 0.1) is 7.11 Å². The number of piperidine rings is 2. The van der Waals surface area contributed by atoms with E-state index in [1.54, 1.807) is 7.11 Å². The molecule has 0 bridgehead atoms. The molecule has 2 aliphatic rings. The Bertz CT molecular complexity index is 444. The predicted octanol–water partition coefficient (Wildman–Crippen LogP) is 2.04. The first-order valence-corrected chi connectivity index (χ1v) is 7.67. The van der Waals surface area contributed by atoms with Gasteiger partial charge in [0.1, 0.15) is 0 Å². The van der Waals surface area contributed by atoms with E-state index in [0.717, 1.165) is 18.7 Å². The summed E-state index contributed by atoms with van der Waals surface area (Å²) in [6.07, 6.45) is 4.87. The molecule has 0 unspecified atom stereocenters. The molecule has 2 fully saturated rings. The SMILES string of the molecule is COc1cccc([C@@H]2C[C@H](CO)[C@H]3CCCCN3C2)n1. The summed E-state index contributed by atoms with van der Waals surface area (Å²) in [5, 5.41) is 9.72. The van der Waals surface area contributed by atoms with Crippen LogP contribution in [-0.4, -0.2) is 47.8 Å². The number of hydrogen-bond donors (Lipinski definition) is 1. The van der Waals surface area contributed by atoms with Gasteiger partial charge >= 0.3 is 0 Å². The number of rotatable bonds is 3. The van der Waals surface area contributed by atoms with Gasteiger partial charge < -0.3 is 9.84 Å². The van der Waals surface area contributed by atoms with Crippen LogP contribution in [0.25, 0.3) is 0 Å². The van der Waals surface area contributed by atoms with Gasteiger partial charge in [0, 0.05) is 36.9 Å². The van der Waals surface area contributed by atoms with Gasteiger partial charge in [-0.05, 0) is 37.8 Å². The highest BCUT2D eigenvalue weighted by Gasteiger charge is 2.37. The van der Waals surface area contributed by atoms with E-state index >= 15 is 0 Å². The van der Waals surface area contributed by atoms with Gasteiger partial charge in [-0.1, -0.05) is 12.5 Å². The molecule has 1 N–H and O–H groups in total. The fraction of sp³-hybridized carbons (Fsp3) is 0.688. The van der Waals surface area contributed by atoms with E-state index in [9.17, 15) is 5.11 Å². The van der Waals surface area contributed by atoms with Crippen molar-refractivity contribution in [1.29, 1.82) is 0 Å². The Hall–Kier alpha value is -1.13. The molecule has 0 radical (unpaired) electrons. The highest BCUT2D eigenvalue weighted by molar-refractivity contribution is 5.20. The van der Waals surface area contributed by atoms with E-state index in [1.807, 2.05) is 12.1 Å². The van der Waals surface area contributed by atoms with Crippen LogP contribution in [0, 0.1) is 5.92 Å². The molecule has 1 aromatic heterocycles. The summed E-state index contributed by atoms with van der Waals surface area (Å²) in [7, 11) is 1.66. The first-order chi connectivity index (χ1) is 9.81. The van der Waals surface area contributed by atoms with Crippen LogP contribution in [0.15, 0.2) is 18.2 Å². The first-order valence-electron chi connectivity index (χ1n) is 7.67. The molecule has 110 valence electrons. The van der Waals surface area contributed by atoms with Crippen molar-refractivity contribution in [3.63, 3.8) is 0 Å². The molecule has 0 aliphatic carbocycles. The van der Waals surface area contributed by atoms with Gasteiger partial charge in [0.15, 0.2) is 0 Å². The lowest BCUT2D eigenvalue weighted by molar-refractivity contribution is 0.0199. The smallest absolute Gasteiger partial charge is 0.213 e. The van der Waals surface area contributed by atoms with Crippen LogP contribution in [0.5, 0.6) is 5.88 Å². The van der Waals surface area contributed by atoms with Crippen LogP contribution in [-0.2, 0) is 0 Å². The Labute approximate surface area is 120 Å². The summed E-state index contributed by atoms with van der Waals surface area (Å²) < 4.78 is 5.23. The van der Waals surface area contributed by atoms with E-state index < -0.39 is 0 Å². The van der Waals surface area contributed by atoms with Crippen LogP contribution in [0.1, 0.15) is 37.3 Å². The van der Waals surface area contributed by atoms with Gasteiger partial charge in [-0.25, -0.2) is 4.98 Å². The van der Waals surface area contributed by atoms with Crippen LogP contribution >= 0.6 is 0 Å². The van der Waals surface area contributed by atoms with Crippen molar-refractivity contribution in [2.24, 2.45) is 5.92 Å². The standard InChI is InChI=1S/C16H24N2O2/c1-20-16-7-4-5-14(17-16)12-9-13(11-19)15-6-2-3-8-18(15)10-12/h4-5,7,12-13,15,19H,2-3,6,8-11H2,1H3/t12-,13-,15-/m1/s1. The lowest BCUT2D eigenvalue weighted by Gasteiger charge is -2.46. The number of aliphatic hydroxyl groups is 1.